The largest absolute Gasteiger partial charge is 0.480 e. The minimum atomic E-state index is -0.746. The molecule has 0 aliphatic heterocycles. The number of aliphatic carboxylic acids is 1. The van der Waals surface area contributed by atoms with Crippen LogP contribution in [0.1, 0.15) is 26.7 Å². The molecule has 0 unspecified atom stereocenters. The van der Waals surface area contributed by atoms with E-state index in [-0.39, 0.29) is 0 Å². The van der Waals surface area contributed by atoms with Crippen LogP contribution in [0.3, 0.4) is 0 Å². The van der Waals surface area contributed by atoms with Crippen molar-refractivity contribution in [2.24, 2.45) is 0 Å². The molecule has 1 atom stereocenters. The van der Waals surface area contributed by atoms with Gasteiger partial charge in [0, 0.05) is 0 Å². The molecule has 0 aliphatic rings. The second-order valence-corrected chi connectivity index (χ2v) is 3.22. The lowest BCUT2D eigenvalue weighted by Gasteiger charge is -2.31. The van der Waals surface area contributed by atoms with E-state index in [2.05, 4.69) is 0 Å². The van der Waals surface area contributed by atoms with Crippen molar-refractivity contribution in [3.05, 3.63) is 0 Å². The van der Waals surface area contributed by atoms with Gasteiger partial charge in [0.2, 0.25) is 0 Å². The third kappa shape index (κ3) is 2.19. The molecule has 0 bridgehead atoms. The van der Waals surface area contributed by atoms with Gasteiger partial charge in [-0.2, -0.15) is 0 Å². The summed E-state index contributed by atoms with van der Waals surface area (Å²) in [5.41, 5.74) is -0.700. The molecule has 0 radical (unpaired) electrons. The molecule has 0 aromatic heterocycles. The quantitative estimate of drug-likeness (QED) is 0.670. The summed E-state index contributed by atoms with van der Waals surface area (Å²) in [7, 11) is 3.59. The highest BCUT2D eigenvalue weighted by Crippen LogP contribution is 2.18. The summed E-state index contributed by atoms with van der Waals surface area (Å²) >= 11 is 0. The molecule has 3 nitrogen and oxygen atoms in total. The van der Waals surface area contributed by atoms with Crippen LogP contribution in [-0.4, -0.2) is 35.6 Å². The highest BCUT2D eigenvalue weighted by Gasteiger charge is 2.34. The van der Waals surface area contributed by atoms with E-state index in [9.17, 15) is 4.79 Å². The lowest BCUT2D eigenvalue weighted by molar-refractivity contribution is -0.149. The SMILES string of the molecule is CCC[C@@](C)(C(=O)O)N(C)C. The number of rotatable bonds is 4. The monoisotopic (exact) mass is 159 g/mol. The topological polar surface area (TPSA) is 40.5 Å². The Morgan fingerprint density at radius 1 is 1.55 bits per heavy atom. The molecule has 0 saturated carbocycles. The molecule has 0 fully saturated rings. The zero-order chi connectivity index (χ0) is 9.07. The molecular formula is C8H17NO2. The minimum absolute atomic E-state index is 0.690. The van der Waals surface area contributed by atoms with Gasteiger partial charge in [-0.25, -0.2) is 0 Å². The summed E-state index contributed by atoms with van der Waals surface area (Å²) < 4.78 is 0. The lowest BCUT2D eigenvalue weighted by Crippen LogP contribution is -2.48. The summed E-state index contributed by atoms with van der Waals surface area (Å²) in [6, 6.07) is 0. The average Bonchev–Trinajstić information content (AvgIpc) is 1.87. The van der Waals surface area contributed by atoms with Crippen molar-refractivity contribution in [1.82, 2.24) is 4.90 Å². The zero-order valence-electron chi connectivity index (χ0n) is 7.72. The van der Waals surface area contributed by atoms with E-state index >= 15 is 0 Å². The van der Waals surface area contributed by atoms with Gasteiger partial charge in [-0.05, 0) is 27.4 Å². The first kappa shape index (κ1) is 10.4. The summed E-state index contributed by atoms with van der Waals surface area (Å²) in [5, 5.41) is 8.89. The number of hydrogen-bond donors (Lipinski definition) is 1. The lowest BCUT2D eigenvalue weighted by atomic mass is 9.95. The first-order valence-electron chi connectivity index (χ1n) is 3.86. The summed E-state index contributed by atoms with van der Waals surface area (Å²) in [5.74, 6) is -0.746. The van der Waals surface area contributed by atoms with Crippen molar-refractivity contribution < 1.29 is 9.90 Å². The molecule has 0 heterocycles. The van der Waals surface area contributed by atoms with E-state index in [0.29, 0.717) is 6.42 Å². The molecule has 0 saturated heterocycles. The predicted molar refractivity (Wildman–Crippen MR) is 44.6 cm³/mol. The summed E-state index contributed by atoms with van der Waals surface area (Å²) in [4.78, 5) is 12.6. The van der Waals surface area contributed by atoms with E-state index < -0.39 is 11.5 Å². The van der Waals surface area contributed by atoms with E-state index in [0.717, 1.165) is 6.42 Å². The second kappa shape index (κ2) is 3.72. The van der Waals surface area contributed by atoms with Crippen molar-refractivity contribution in [2.45, 2.75) is 32.2 Å². The average molecular weight is 159 g/mol. The van der Waals surface area contributed by atoms with E-state index in [1.165, 1.54) is 0 Å². The first-order valence-corrected chi connectivity index (χ1v) is 3.86. The fourth-order valence-electron chi connectivity index (χ4n) is 1.01. The van der Waals surface area contributed by atoms with Gasteiger partial charge in [0.05, 0.1) is 0 Å². The number of likely N-dealkylation sites (N-methyl/N-ethyl adjacent to an activating group) is 1. The fraction of sp³-hybridized carbons (Fsp3) is 0.875. The van der Waals surface area contributed by atoms with Crippen molar-refractivity contribution >= 4 is 5.97 Å². The standard InChI is InChI=1S/C8H17NO2/c1-5-6-8(2,7(10)11)9(3)4/h5-6H2,1-4H3,(H,10,11)/t8-/m0/s1. The molecule has 0 aromatic rings. The van der Waals surface area contributed by atoms with Crippen LogP contribution in [0.25, 0.3) is 0 Å². The number of hydrogen-bond acceptors (Lipinski definition) is 2. The Bertz CT molecular complexity index is 145. The van der Waals surface area contributed by atoms with Gasteiger partial charge >= 0.3 is 5.97 Å². The third-order valence-corrected chi connectivity index (χ3v) is 2.18. The Kier molecular flexibility index (Phi) is 3.52. The molecule has 0 rings (SSSR count). The minimum Gasteiger partial charge on any atom is -0.480 e. The van der Waals surface area contributed by atoms with Crippen LogP contribution in [-0.2, 0) is 4.79 Å². The highest BCUT2D eigenvalue weighted by molar-refractivity contribution is 5.78. The maximum atomic E-state index is 10.8. The Morgan fingerprint density at radius 3 is 2.09 bits per heavy atom. The Hall–Kier alpha value is -0.570. The van der Waals surface area contributed by atoms with Crippen molar-refractivity contribution in [1.29, 1.82) is 0 Å². The molecule has 1 N–H and O–H groups in total. The third-order valence-electron chi connectivity index (χ3n) is 2.18. The highest BCUT2D eigenvalue weighted by atomic mass is 16.4. The van der Waals surface area contributed by atoms with E-state index in [1.54, 1.807) is 25.9 Å². The first-order chi connectivity index (χ1) is 4.95. The van der Waals surface area contributed by atoms with E-state index in [1.807, 2.05) is 6.92 Å². The van der Waals surface area contributed by atoms with Crippen molar-refractivity contribution in [3.8, 4) is 0 Å². The van der Waals surface area contributed by atoms with Gasteiger partial charge in [-0.15, -0.1) is 0 Å². The molecular weight excluding hydrogens is 142 g/mol. The van der Waals surface area contributed by atoms with Crippen LogP contribution in [0.4, 0.5) is 0 Å². The number of carbonyl (C=O) groups is 1. The van der Waals surface area contributed by atoms with Gasteiger partial charge in [-0.3, -0.25) is 9.69 Å². The number of carboxylic acid groups (broad SMARTS) is 1. The predicted octanol–water partition coefficient (Wildman–Crippen LogP) is 1.19. The van der Waals surface area contributed by atoms with Gasteiger partial charge in [0.25, 0.3) is 0 Å². The molecule has 0 aliphatic carbocycles. The molecule has 0 amide bonds. The molecule has 11 heavy (non-hydrogen) atoms. The van der Waals surface area contributed by atoms with Crippen LogP contribution in [0.15, 0.2) is 0 Å². The van der Waals surface area contributed by atoms with Crippen LogP contribution in [0.2, 0.25) is 0 Å². The Morgan fingerprint density at radius 2 is 2.00 bits per heavy atom. The molecule has 0 aromatic carbocycles. The Balaban J connectivity index is 4.38. The molecule has 3 heteroatoms. The smallest absolute Gasteiger partial charge is 0.323 e. The maximum absolute atomic E-state index is 10.8. The number of nitrogens with zero attached hydrogens (tertiary/aromatic N) is 1. The van der Waals surface area contributed by atoms with Gasteiger partial charge in [-0.1, -0.05) is 13.3 Å². The fourth-order valence-corrected chi connectivity index (χ4v) is 1.01. The van der Waals surface area contributed by atoms with Gasteiger partial charge in [0.1, 0.15) is 5.54 Å². The molecule has 0 spiro atoms. The zero-order valence-corrected chi connectivity index (χ0v) is 7.72. The van der Waals surface area contributed by atoms with Crippen molar-refractivity contribution in [2.75, 3.05) is 14.1 Å². The normalized spacial score (nSPS) is 16.5. The van der Waals surface area contributed by atoms with E-state index in [4.69, 9.17) is 5.11 Å². The summed E-state index contributed by atoms with van der Waals surface area (Å²) in [6.45, 7) is 3.74. The van der Waals surface area contributed by atoms with Gasteiger partial charge in [0.15, 0.2) is 0 Å². The van der Waals surface area contributed by atoms with Crippen LogP contribution < -0.4 is 0 Å². The Labute approximate surface area is 68.0 Å². The van der Waals surface area contributed by atoms with Crippen LogP contribution in [0.5, 0.6) is 0 Å². The van der Waals surface area contributed by atoms with Gasteiger partial charge < -0.3 is 5.11 Å². The number of carboxylic acids is 1. The summed E-state index contributed by atoms with van der Waals surface area (Å²) in [6.07, 6.45) is 1.58. The van der Waals surface area contributed by atoms with Crippen molar-refractivity contribution in [3.63, 3.8) is 0 Å². The van der Waals surface area contributed by atoms with Crippen LogP contribution in [0, 0.1) is 0 Å². The molecule has 66 valence electrons. The van der Waals surface area contributed by atoms with Crippen LogP contribution >= 0.6 is 0 Å². The second-order valence-electron chi connectivity index (χ2n) is 3.22. The maximum Gasteiger partial charge on any atom is 0.323 e.